The Hall–Kier alpha value is -0.560. The number of hydrogen-bond donors (Lipinski definition) is 1. The molecule has 2 fully saturated rings. The molecule has 0 aromatic heterocycles. The number of allylic oxidation sites excluding steroid dienone is 2. The molecule has 118 valence electrons. The Morgan fingerprint density at radius 1 is 1.19 bits per heavy atom. The Morgan fingerprint density at radius 3 is 2.57 bits per heavy atom. The molecule has 1 heteroatoms. The van der Waals surface area contributed by atoms with E-state index in [4.69, 9.17) is 0 Å². The first-order valence-electron chi connectivity index (χ1n) is 8.76. The molecule has 0 amide bonds. The van der Waals surface area contributed by atoms with Crippen LogP contribution >= 0.6 is 0 Å². The Labute approximate surface area is 130 Å². The van der Waals surface area contributed by atoms with Crippen molar-refractivity contribution in [1.82, 2.24) is 0 Å². The molecule has 5 atom stereocenters. The summed E-state index contributed by atoms with van der Waals surface area (Å²) in [7, 11) is 0. The summed E-state index contributed by atoms with van der Waals surface area (Å²) in [5.74, 6) is 1.24. The van der Waals surface area contributed by atoms with Gasteiger partial charge in [0.2, 0.25) is 0 Å². The third-order valence-corrected chi connectivity index (χ3v) is 7.25. The van der Waals surface area contributed by atoms with Crippen LogP contribution < -0.4 is 0 Å². The molecule has 3 rings (SSSR count). The predicted octanol–water partition coefficient (Wildman–Crippen LogP) is 5.11. The van der Waals surface area contributed by atoms with Gasteiger partial charge in [0.05, 0.1) is 6.10 Å². The minimum Gasteiger partial charge on any atom is -0.389 e. The maximum atomic E-state index is 10.8. The van der Waals surface area contributed by atoms with E-state index in [0.717, 1.165) is 6.42 Å². The first-order valence-corrected chi connectivity index (χ1v) is 8.76. The highest BCUT2D eigenvalue weighted by molar-refractivity contribution is 5.29. The number of aliphatic hydroxyl groups excluding tert-OH is 1. The van der Waals surface area contributed by atoms with Crippen molar-refractivity contribution in [3.8, 4) is 0 Å². The smallest absolute Gasteiger partial charge is 0.0756 e. The van der Waals surface area contributed by atoms with Crippen LogP contribution in [0, 0.1) is 28.1 Å². The van der Waals surface area contributed by atoms with E-state index in [1.807, 2.05) is 0 Å². The van der Waals surface area contributed by atoms with Crippen molar-refractivity contribution in [3.05, 3.63) is 24.3 Å². The second-order valence-electron chi connectivity index (χ2n) is 9.10. The zero-order valence-corrected chi connectivity index (χ0v) is 14.3. The van der Waals surface area contributed by atoms with Crippen LogP contribution in [0.1, 0.15) is 66.2 Å². The fourth-order valence-electron chi connectivity index (χ4n) is 5.91. The number of fused-ring (bicyclic) bond motifs is 3. The van der Waals surface area contributed by atoms with Gasteiger partial charge >= 0.3 is 0 Å². The molecule has 2 saturated carbocycles. The van der Waals surface area contributed by atoms with E-state index in [1.54, 1.807) is 0 Å². The third kappa shape index (κ3) is 2.23. The quantitative estimate of drug-likeness (QED) is 0.665. The lowest BCUT2D eigenvalue weighted by Gasteiger charge is -2.60. The van der Waals surface area contributed by atoms with Crippen molar-refractivity contribution in [2.75, 3.05) is 0 Å². The molecule has 0 spiro atoms. The Morgan fingerprint density at radius 2 is 1.90 bits per heavy atom. The molecule has 3 aliphatic carbocycles. The maximum absolute atomic E-state index is 10.8. The Kier molecular flexibility index (Phi) is 3.44. The summed E-state index contributed by atoms with van der Waals surface area (Å²) in [6.07, 6.45) is 11.6. The lowest BCUT2D eigenvalue weighted by molar-refractivity contribution is -0.0883. The van der Waals surface area contributed by atoms with E-state index in [2.05, 4.69) is 46.4 Å². The predicted molar refractivity (Wildman–Crippen MR) is 89.0 cm³/mol. The largest absolute Gasteiger partial charge is 0.389 e. The molecule has 0 radical (unpaired) electrons. The van der Waals surface area contributed by atoms with Crippen LogP contribution in [0.15, 0.2) is 24.3 Å². The van der Waals surface area contributed by atoms with Gasteiger partial charge in [0.25, 0.3) is 0 Å². The van der Waals surface area contributed by atoms with Crippen molar-refractivity contribution >= 4 is 0 Å². The Balaban J connectivity index is 2.03. The summed E-state index contributed by atoms with van der Waals surface area (Å²) in [4.78, 5) is 0. The second-order valence-corrected chi connectivity index (χ2v) is 9.10. The highest BCUT2D eigenvalue weighted by Crippen LogP contribution is 2.63. The molecule has 1 nitrogen and oxygen atoms in total. The van der Waals surface area contributed by atoms with Gasteiger partial charge in [-0.25, -0.2) is 0 Å². The van der Waals surface area contributed by atoms with Gasteiger partial charge in [0.1, 0.15) is 0 Å². The van der Waals surface area contributed by atoms with E-state index in [0.29, 0.717) is 22.7 Å². The molecule has 0 heterocycles. The molecule has 21 heavy (non-hydrogen) atoms. The zero-order valence-electron chi connectivity index (χ0n) is 14.3. The normalized spacial score (nSPS) is 48.8. The van der Waals surface area contributed by atoms with Crippen LogP contribution in [0.25, 0.3) is 0 Å². The van der Waals surface area contributed by atoms with Gasteiger partial charge in [-0.3, -0.25) is 0 Å². The molecule has 0 aromatic carbocycles. The first-order chi connectivity index (χ1) is 9.72. The molecule has 0 aromatic rings. The standard InChI is InChI=1S/C20H32O/c1-6-19(4)11-8-15-14(13-19)16(21)12-17-18(2,3)9-7-10-20(15,17)5/h6,13,15-17,21H,1,7-12H2,2-5H3/t15-,16+,17-,19+,20+/m0/s1. The second kappa shape index (κ2) is 4.72. The van der Waals surface area contributed by atoms with E-state index in [-0.39, 0.29) is 11.5 Å². The SMILES string of the molecule is C=C[C@@]1(C)C=C2[C@H](O)C[C@H]3C(C)(C)CCC[C@]3(C)[C@H]2CC1. The number of rotatable bonds is 1. The van der Waals surface area contributed by atoms with Crippen molar-refractivity contribution in [2.45, 2.75) is 72.3 Å². The van der Waals surface area contributed by atoms with E-state index in [1.165, 1.54) is 37.7 Å². The molecule has 3 aliphatic rings. The van der Waals surface area contributed by atoms with Gasteiger partial charge in [-0.1, -0.05) is 46.3 Å². The summed E-state index contributed by atoms with van der Waals surface area (Å²) < 4.78 is 0. The molecular weight excluding hydrogens is 256 g/mol. The average molecular weight is 288 g/mol. The van der Waals surface area contributed by atoms with Gasteiger partial charge in [-0.05, 0) is 60.3 Å². The Bertz CT molecular complexity index is 474. The third-order valence-electron chi connectivity index (χ3n) is 7.25. The van der Waals surface area contributed by atoms with Crippen LogP contribution in [-0.4, -0.2) is 11.2 Å². The highest BCUT2D eigenvalue weighted by Gasteiger charge is 2.56. The van der Waals surface area contributed by atoms with Crippen molar-refractivity contribution < 1.29 is 5.11 Å². The fourth-order valence-corrected chi connectivity index (χ4v) is 5.91. The van der Waals surface area contributed by atoms with Gasteiger partial charge in [0, 0.05) is 5.41 Å². The van der Waals surface area contributed by atoms with Crippen LogP contribution in [0.5, 0.6) is 0 Å². The lowest BCUT2D eigenvalue weighted by atomic mass is 9.45. The van der Waals surface area contributed by atoms with Crippen molar-refractivity contribution in [1.29, 1.82) is 0 Å². The topological polar surface area (TPSA) is 20.2 Å². The van der Waals surface area contributed by atoms with Crippen LogP contribution in [-0.2, 0) is 0 Å². The molecule has 0 saturated heterocycles. The van der Waals surface area contributed by atoms with Crippen LogP contribution in [0.2, 0.25) is 0 Å². The minimum absolute atomic E-state index is 0.0835. The van der Waals surface area contributed by atoms with E-state index in [9.17, 15) is 5.11 Å². The summed E-state index contributed by atoms with van der Waals surface area (Å²) in [6.45, 7) is 13.6. The van der Waals surface area contributed by atoms with Gasteiger partial charge < -0.3 is 5.11 Å². The zero-order chi connectivity index (χ0) is 15.5. The van der Waals surface area contributed by atoms with E-state index < -0.39 is 0 Å². The number of aliphatic hydroxyl groups is 1. The lowest BCUT2D eigenvalue weighted by Crippen LogP contribution is -2.54. The van der Waals surface area contributed by atoms with Crippen LogP contribution in [0.3, 0.4) is 0 Å². The molecule has 0 unspecified atom stereocenters. The maximum Gasteiger partial charge on any atom is 0.0756 e. The molecule has 1 N–H and O–H groups in total. The summed E-state index contributed by atoms with van der Waals surface area (Å²) >= 11 is 0. The van der Waals surface area contributed by atoms with Gasteiger partial charge in [-0.15, -0.1) is 6.58 Å². The fraction of sp³-hybridized carbons (Fsp3) is 0.800. The summed E-state index contributed by atoms with van der Waals surface area (Å²) in [6, 6.07) is 0. The van der Waals surface area contributed by atoms with Crippen LogP contribution in [0.4, 0.5) is 0 Å². The van der Waals surface area contributed by atoms with Crippen molar-refractivity contribution in [2.24, 2.45) is 28.1 Å². The highest BCUT2D eigenvalue weighted by atomic mass is 16.3. The first kappa shape index (κ1) is 15.3. The minimum atomic E-state index is -0.231. The molecule has 0 bridgehead atoms. The average Bonchev–Trinajstić information content (AvgIpc) is 2.41. The van der Waals surface area contributed by atoms with E-state index >= 15 is 0 Å². The van der Waals surface area contributed by atoms with Crippen molar-refractivity contribution in [3.63, 3.8) is 0 Å². The summed E-state index contributed by atoms with van der Waals surface area (Å²) in [5, 5.41) is 10.8. The number of hydrogen-bond acceptors (Lipinski definition) is 1. The molecular formula is C20H32O. The molecule has 0 aliphatic heterocycles. The monoisotopic (exact) mass is 288 g/mol. The van der Waals surface area contributed by atoms with Gasteiger partial charge in [-0.2, -0.15) is 0 Å². The van der Waals surface area contributed by atoms with Gasteiger partial charge in [0.15, 0.2) is 0 Å². The summed E-state index contributed by atoms with van der Waals surface area (Å²) in [5.41, 5.74) is 2.17.